The van der Waals surface area contributed by atoms with Gasteiger partial charge in [-0.15, -0.1) is 4.58 Å². The number of amides is 2. The van der Waals surface area contributed by atoms with Crippen LogP contribution in [0.1, 0.15) is 91.0 Å². The molecule has 10 nitrogen and oxygen atoms in total. The van der Waals surface area contributed by atoms with Crippen molar-refractivity contribution in [3.8, 4) is 33.6 Å². The molecule has 2 atom stereocenters. The van der Waals surface area contributed by atoms with Gasteiger partial charge in [-0.25, -0.2) is 14.8 Å². The summed E-state index contributed by atoms with van der Waals surface area (Å²) in [5.41, 5.74) is 4.98. The molecule has 0 radical (unpaired) electrons. The minimum absolute atomic E-state index is 0.130. The first kappa shape index (κ1) is 33.3. The van der Waals surface area contributed by atoms with Gasteiger partial charge in [-0.2, -0.15) is 4.79 Å². The third kappa shape index (κ3) is 6.79. The summed E-state index contributed by atoms with van der Waals surface area (Å²) in [5, 5.41) is 2.24. The van der Waals surface area contributed by atoms with Gasteiger partial charge in [0.15, 0.2) is 12.0 Å². The van der Waals surface area contributed by atoms with Crippen LogP contribution >= 0.6 is 0 Å². The van der Waals surface area contributed by atoms with Crippen molar-refractivity contribution in [2.75, 3.05) is 6.54 Å². The molecule has 0 bridgehead atoms. The molecule has 5 aromatic rings. The van der Waals surface area contributed by atoms with Crippen LogP contribution in [0, 0.1) is 0 Å². The van der Waals surface area contributed by atoms with Gasteiger partial charge in [0.1, 0.15) is 17.0 Å². The topological polar surface area (TPSA) is 116 Å². The molecule has 258 valence electrons. The van der Waals surface area contributed by atoms with Gasteiger partial charge in [-0.3, -0.25) is 4.90 Å². The van der Waals surface area contributed by atoms with Crippen LogP contribution in [-0.4, -0.2) is 65.6 Å². The number of likely N-dealkylation sites (tertiary alicyclic amines) is 1. The van der Waals surface area contributed by atoms with Crippen molar-refractivity contribution in [3.05, 3.63) is 84.7 Å². The van der Waals surface area contributed by atoms with E-state index in [4.69, 9.17) is 14.5 Å². The fraction of sp³-hybridized carbons (Fsp3) is 0.375. The van der Waals surface area contributed by atoms with E-state index in [0.717, 1.165) is 81.7 Å². The summed E-state index contributed by atoms with van der Waals surface area (Å²) in [6, 6.07) is 20.8. The molecule has 0 spiro atoms. The molecule has 2 N–H and O–H groups in total. The van der Waals surface area contributed by atoms with Crippen molar-refractivity contribution in [1.82, 2.24) is 24.8 Å². The minimum Gasteiger partial charge on any atom is -0.444 e. The lowest BCUT2D eigenvalue weighted by Gasteiger charge is -2.27. The molecular weight excluding hydrogens is 628 g/mol. The number of benzene rings is 3. The van der Waals surface area contributed by atoms with E-state index < -0.39 is 11.2 Å². The van der Waals surface area contributed by atoms with Crippen molar-refractivity contribution < 1.29 is 23.6 Å². The third-order valence-corrected chi connectivity index (χ3v) is 9.13. The Kier molecular flexibility index (Phi) is 8.58. The minimum atomic E-state index is -0.571. The zero-order chi connectivity index (χ0) is 35.2. The highest BCUT2D eigenvalue weighted by Crippen LogP contribution is 2.37. The lowest BCUT2D eigenvalue weighted by atomic mass is 9.94. The Hall–Kier alpha value is -5.25. The number of imidazole rings is 2. The van der Waals surface area contributed by atoms with Crippen LogP contribution in [-0.2, 0) is 9.47 Å². The van der Waals surface area contributed by atoms with E-state index in [1.54, 1.807) is 9.48 Å². The van der Waals surface area contributed by atoms with E-state index in [0.29, 0.717) is 6.54 Å². The number of fused-ring (bicyclic) bond motifs is 1. The molecule has 0 aliphatic carbocycles. The van der Waals surface area contributed by atoms with E-state index >= 15 is 0 Å². The maximum Gasteiger partial charge on any atom is 0.597 e. The number of rotatable bonds is 5. The number of nitrogens with one attached hydrogen (secondary N) is 2. The molecule has 2 amide bonds. The number of aromatic nitrogens is 4. The predicted molar refractivity (Wildman–Crippen MR) is 194 cm³/mol. The van der Waals surface area contributed by atoms with E-state index in [2.05, 4.69) is 75.6 Å². The van der Waals surface area contributed by atoms with Gasteiger partial charge >= 0.3 is 12.2 Å². The van der Waals surface area contributed by atoms with Crippen molar-refractivity contribution in [1.29, 1.82) is 0 Å². The van der Waals surface area contributed by atoms with Gasteiger partial charge < -0.3 is 19.4 Å². The molecule has 10 heteroatoms. The van der Waals surface area contributed by atoms with Gasteiger partial charge in [-0.1, -0.05) is 60.7 Å². The van der Waals surface area contributed by atoms with Gasteiger partial charge in [0.25, 0.3) is 0 Å². The molecule has 0 saturated carbocycles. The monoisotopic (exact) mass is 673 g/mol. The maximum absolute atomic E-state index is 12.9. The quantitative estimate of drug-likeness (QED) is 0.180. The molecular formula is C40H45N6O4+. The maximum atomic E-state index is 12.9. The van der Waals surface area contributed by atoms with Gasteiger partial charge in [-0.05, 0) is 81.8 Å². The van der Waals surface area contributed by atoms with Crippen LogP contribution in [0.2, 0.25) is 0 Å². The summed E-state index contributed by atoms with van der Waals surface area (Å²) in [6.45, 7) is 11.9. The van der Waals surface area contributed by atoms with Crippen molar-refractivity contribution in [3.63, 3.8) is 0 Å². The van der Waals surface area contributed by atoms with Crippen LogP contribution in [0.15, 0.2) is 73.1 Å². The molecule has 2 aliphatic rings. The van der Waals surface area contributed by atoms with Gasteiger partial charge in [0.2, 0.25) is 6.04 Å². The Morgan fingerprint density at radius 2 is 1.38 bits per heavy atom. The summed E-state index contributed by atoms with van der Waals surface area (Å²) in [5.74, 6) is 1.52. The lowest BCUT2D eigenvalue weighted by molar-refractivity contribution is -0.486. The number of hydrogen-bond acceptors (Lipinski definition) is 6. The summed E-state index contributed by atoms with van der Waals surface area (Å²) < 4.78 is 13.0. The first-order chi connectivity index (χ1) is 23.8. The molecule has 1 fully saturated rings. The van der Waals surface area contributed by atoms with Crippen molar-refractivity contribution in [2.45, 2.75) is 90.5 Å². The molecule has 0 unspecified atom stereocenters. The van der Waals surface area contributed by atoms with Gasteiger partial charge in [0, 0.05) is 24.9 Å². The smallest absolute Gasteiger partial charge is 0.444 e. The molecule has 2 aromatic heterocycles. The Morgan fingerprint density at radius 1 is 0.760 bits per heavy atom. The standard InChI is InChI=1S/C40H45N6O4/c1-39(2,3)49-37(47)45-21-9-15-33(45)35-41-23-31(43-35)26-19-17-25(18-20-26)27-11-7-13-29-28(27)12-8-14-30(29)32-24-42-36(44-32)34-16-10-22-46(34)38(48)50-40(4,5)6/h7-8,11-14,17-20,22-24,33-34H,9-10,15-16,21H2,1-6H3,(H,41,43)(H,42,44)/q+1/t33-,34-/m0/s1. The highest BCUT2D eigenvalue weighted by molar-refractivity contribution is 6.04. The Bertz CT molecular complexity index is 2080. The first-order valence-corrected chi connectivity index (χ1v) is 17.4. The Labute approximate surface area is 292 Å². The average Bonchev–Trinajstić information content (AvgIpc) is 3.89. The zero-order valence-corrected chi connectivity index (χ0v) is 29.6. The molecule has 50 heavy (non-hydrogen) atoms. The first-order valence-electron chi connectivity index (χ1n) is 17.4. The molecule has 3 aromatic carbocycles. The number of hydrogen-bond donors (Lipinski definition) is 2. The lowest BCUT2D eigenvalue weighted by Crippen LogP contribution is -2.36. The highest BCUT2D eigenvalue weighted by Gasteiger charge is 2.39. The fourth-order valence-corrected chi connectivity index (χ4v) is 6.93. The van der Waals surface area contributed by atoms with Crippen LogP contribution in [0.25, 0.3) is 44.4 Å². The summed E-state index contributed by atoms with van der Waals surface area (Å²) in [7, 11) is 0. The summed E-state index contributed by atoms with van der Waals surface area (Å²) >= 11 is 0. The van der Waals surface area contributed by atoms with E-state index in [9.17, 15) is 9.59 Å². The van der Waals surface area contributed by atoms with Crippen molar-refractivity contribution in [2.24, 2.45) is 0 Å². The second-order valence-corrected chi connectivity index (χ2v) is 15.1. The second kappa shape index (κ2) is 12.9. The fourth-order valence-electron chi connectivity index (χ4n) is 6.93. The average molecular weight is 674 g/mol. The summed E-state index contributed by atoms with van der Waals surface area (Å²) in [6.07, 6.45) is 8.27. The summed E-state index contributed by atoms with van der Waals surface area (Å²) in [4.78, 5) is 43.9. The Balaban J connectivity index is 1.11. The largest absolute Gasteiger partial charge is 0.597 e. The number of nitrogens with zero attached hydrogens (tertiary/aromatic N) is 4. The number of ether oxygens (including phenoxy) is 2. The molecule has 4 heterocycles. The van der Waals surface area contributed by atoms with E-state index in [1.165, 1.54) is 0 Å². The second-order valence-electron chi connectivity index (χ2n) is 15.1. The van der Waals surface area contributed by atoms with Crippen LogP contribution in [0.4, 0.5) is 9.59 Å². The predicted octanol–water partition coefficient (Wildman–Crippen LogP) is 9.21. The van der Waals surface area contributed by atoms with E-state index in [1.807, 2.05) is 60.2 Å². The third-order valence-electron chi connectivity index (χ3n) is 9.13. The van der Waals surface area contributed by atoms with Crippen LogP contribution < -0.4 is 0 Å². The normalized spacial score (nSPS) is 18.0. The number of carbonyl (C=O) groups is 2. The number of aromatic amines is 2. The van der Waals surface area contributed by atoms with Gasteiger partial charge in [0.05, 0.1) is 29.8 Å². The van der Waals surface area contributed by atoms with Crippen LogP contribution in [0.5, 0.6) is 0 Å². The Morgan fingerprint density at radius 3 is 2.10 bits per heavy atom. The van der Waals surface area contributed by atoms with E-state index in [-0.39, 0.29) is 24.3 Å². The van der Waals surface area contributed by atoms with Crippen molar-refractivity contribution >= 4 is 29.2 Å². The zero-order valence-electron chi connectivity index (χ0n) is 29.6. The SMILES string of the molecule is CC(C)(C)OC(=O)N1CCC[C@H]1c1ncc(-c2ccc(-c3cccc4c(-c5cnc([C@@H]6CCC=[N+]6C(=O)OC(C)(C)C)[nH]5)cccc34)cc2)[nH]1. The molecule has 7 rings (SSSR count). The number of carbonyl (C=O) groups excluding carboxylic acids is 2. The molecule has 1 saturated heterocycles. The number of H-pyrrole nitrogens is 2. The molecule has 2 aliphatic heterocycles. The van der Waals surface area contributed by atoms with Crippen LogP contribution in [0.3, 0.4) is 0 Å². The highest BCUT2D eigenvalue weighted by atomic mass is 16.6.